The van der Waals surface area contributed by atoms with Crippen LogP contribution in [0.4, 0.5) is 0 Å². The first-order valence-electron chi connectivity index (χ1n) is 6.65. The third-order valence-electron chi connectivity index (χ3n) is 3.10. The fraction of sp³-hybridized carbons (Fsp3) is 0.250. The molecular formula is C16H16Br2N2O. The maximum Gasteiger partial charge on any atom is 0.255 e. The molecule has 0 aliphatic rings. The van der Waals surface area contributed by atoms with E-state index < -0.39 is 0 Å². The zero-order valence-corrected chi connectivity index (χ0v) is 15.1. The second-order valence-corrected chi connectivity index (χ2v) is 6.74. The molecule has 2 aromatic rings. The number of aromatic nitrogens is 1. The normalized spacial score (nSPS) is 10.7. The molecule has 1 aromatic carbocycles. The van der Waals surface area contributed by atoms with Gasteiger partial charge in [0, 0.05) is 21.2 Å². The number of hydrogen-bond acceptors (Lipinski definition) is 2. The summed E-state index contributed by atoms with van der Waals surface area (Å²) in [5, 5.41) is 0. The number of hydrogen-bond donors (Lipinski definition) is 0. The summed E-state index contributed by atoms with van der Waals surface area (Å²) >= 11 is 6.86. The van der Waals surface area contributed by atoms with Crippen molar-refractivity contribution in [2.75, 3.05) is 0 Å². The molecule has 0 aliphatic heterocycles. The van der Waals surface area contributed by atoms with Crippen LogP contribution in [-0.4, -0.2) is 21.8 Å². The monoisotopic (exact) mass is 410 g/mol. The van der Waals surface area contributed by atoms with Crippen LogP contribution in [-0.2, 0) is 6.54 Å². The summed E-state index contributed by atoms with van der Waals surface area (Å²) in [5.41, 5.74) is 1.53. The van der Waals surface area contributed by atoms with E-state index in [1.165, 1.54) is 0 Å². The molecule has 0 bridgehead atoms. The van der Waals surface area contributed by atoms with Gasteiger partial charge in [-0.2, -0.15) is 0 Å². The molecule has 21 heavy (non-hydrogen) atoms. The number of amides is 1. The maximum absolute atomic E-state index is 12.8. The minimum atomic E-state index is -0.0103. The van der Waals surface area contributed by atoms with E-state index in [4.69, 9.17) is 0 Å². The molecule has 1 heterocycles. The van der Waals surface area contributed by atoms with Crippen molar-refractivity contribution in [3.05, 3.63) is 62.8 Å². The van der Waals surface area contributed by atoms with Crippen LogP contribution in [0.5, 0.6) is 0 Å². The van der Waals surface area contributed by atoms with E-state index in [1.807, 2.05) is 55.1 Å². The van der Waals surface area contributed by atoms with Gasteiger partial charge in [0.2, 0.25) is 0 Å². The lowest BCUT2D eigenvalue weighted by molar-refractivity contribution is 0.0687. The first-order chi connectivity index (χ1) is 9.99. The van der Waals surface area contributed by atoms with Crippen LogP contribution in [0.2, 0.25) is 0 Å². The molecule has 0 atom stereocenters. The van der Waals surface area contributed by atoms with Crippen LogP contribution in [0.3, 0.4) is 0 Å². The van der Waals surface area contributed by atoms with E-state index in [0.717, 1.165) is 14.6 Å². The van der Waals surface area contributed by atoms with Crippen LogP contribution in [0.15, 0.2) is 51.5 Å². The van der Waals surface area contributed by atoms with Crippen molar-refractivity contribution in [3.8, 4) is 0 Å². The largest absolute Gasteiger partial charge is 0.330 e. The third kappa shape index (κ3) is 4.14. The lowest BCUT2D eigenvalue weighted by Crippen LogP contribution is -2.36. The molecule has 1 amide bonds. The SMILES string of the molecule is CC(C)N(Cc1ccccn1)C(=O)c1cc(Br)ccc1Br. The lowest BCUT2D eigenvalue weighted by atomic mass is 10.1. The third-order valence-corrected chi connectivity index (χ3v) is 4.29. The van der Waals surface area contributed by atoms with Gasteiger partial charge in [0.25, 0.3) is 5.91 Å². The fourth-order valence-electron chi connectivity index (χ4n) is 1.97. The molecule has 2 rings (SSSR count). The highest BCUT2D eigenvalue weighted by Gasteiger charge is 2.21. The quantitative estimate of drug-likeness (QED) is 0.733. The summed E-state index contributed by atoms with van der Waals surface area (Å²) in [6, 6.07) is 11.4. The highest BCUT2D eigenvalue weighted by Crippen LogP contribution is 2.24. The molecule has 0 saturated carbocycles. The van der Waals surface area contributed by atoms with Crippen molar-refractivity contribution >= 4 is 37.8 Å². The molecule has 3 nitrogen and oxygen atoms in total. The van der Waals surface area contributed by atoms with Crippen LogP contribution in [0.1, 0.15) is 29.9 Å². The van der Waals surface area contributed by atoms with Gasteiger partial charge in [0.15, 0.2) is 0 Å². The minimum absolute atomic E-state index is 0.0103. The summed E-state index contributed by atoms with van der Waals surface area (Å²) in [7, 11) is 0. The van der Waals surface area contributed by atoms with Crippen molar-refractivity contribution in [3.63, 3.8) is 0 Å². The number of carbonyl (C=O) groups excluding carboxylic acids is 1. The Bertz CT molecular complexity index is 629. The second kappa shape index (κ2) is 7.18. The first kappa shape index (κ1) is 16.2. The maximum atomic E-state index is 12.8. The molecule has 0 saturated heterocycles. The fourth-order valence-corrected chi connectivity index (χ4v) is 2.75. The Kier molecular flexibility index (Phi) is 5.53. The minimum Gasteiger partial charge on any atom is -0.330 e. The number of benzene rings is 1. The van der Waals surface area contributed by atoms with Crippen molar-refractivity contribution in [2.45, 2.75) is 26.4 Å². The zero-order chi connectivity index (χ0) is 15.4. The first-order valence-corrected chi connectivity index (χ1v) is 8.23. The van der Waals surface area contributed by atoms with Gasteiger partial charge in [0.1, 0.15) is 0 Å². The molecule has 0 fully saturated rings. The Balaban J connectivity index is 2.30. The van der Waals surface area contributed by atoms with E-state index in [2.05, 4.69) is 36.8 Å². The summed E-state index contributed by atoms with van der Waals surface area (Å²) in [6.07, 6.45) is 1.74. The Morgan fingerprint density at radius 2 is 2.00 bits per heavy atom. The van der Waals surface area contributed by atoms with Gasteiger partial charge < -0.3 is 4.90 Å². The van der Waals surface area contributed by atoms with Gasteiger partial charge in [-0.25, -0.2) is 0 Å². The van der Waals surface area contributed by atoms with Gasteiger partial charge in [-0.15, -0.1) is 0 Å². The van der Waals surface area contributed by atoms with Crippen molar-refractivity contribution in [1.29, 1.82) is 0 Å². The standard InChI is InChI=1S/C16H16Br2N2O/c1-11(2)20(10-13-5-3-4-8-19-13)16(21)14-9-12(17)6-7-15(14)18/h3-9,11H,10H2,1-2H3. The number of pyridine rings is 1. The second-order valence-electron chi connectivity index (χ2n) is 4.97. The molecule has 0 aliphatic carbocycles. The van der Waals surface area contributed by atoms with E-state index in [0.29, 0.717) is 12.1 Å². The molecule has 5 heteroatoms. The number of carbonyl (C=O) groups is 1. The van der Waals surface area contributed by atoms with Crippen LogP contribution >= 0.6 is 31.9 Å². The van der Waals surface area contributed by atoms with Gasteiger partial charge in [-0.05, 0) is 60.1 Å². The Morgan fingerprint density at radius 3 is 2.62 bits per heavy atom. The summed E-state index contributed by atoms with van der Waals surface area (Å²) in [5.74, 6) is -0.0103. The Morgan fingerprint density at radius 1 is 1.24 bits per heavy atom. The molecule has 0 radical (unpaired) electrons. The average molecular weight is 412 g/mol. The Hall–Kier alpha value is -1.20. The van der Waals surface area contributed by atoms with E-state index >= 15 is 0 Å². The van der Waals surface area contributed by atoms with Gasteiger partial charge in [-0.3, -0.25) is 9.78 Å². The number of halogens is 2. The molecule has 0 N–H and O–H groups in total. The Labute approximate surface area is 141 Å². The van der Waals surface area contributed by atoms with E-state index in [9.17, 15) is 4.79 Å². The van der Waals surface area contributed by atoms with Crippen molar-refractivity contribution < 1.29 is 4.79 Å². The lowest BCUT2D eigenvalue weighted by Gasteiger charge is -2.27. The highest BCUT2D eigenvalue weighted by molar-refractivity contribution is 9.11. The number of rotatable bonds is 4. The van der Waals surface area contributed by atoms with Crippen molar-refractivity contribution in [1.82, 2.24) is 9.88 Å². The van der Waals surface area contributed by atoms with Gasteiger partial charge in [0.05, 0.1) is 17.8 Å². The summed E-state index contributed by atoms with van der Waals surface area (Å²) < 4.78 is 1.68. The van der Waals surface area contributed by atoms with E-state index in [1.54, 1.807) is 6.20 Å². The predicted octanol–water partition coefficient (Wildman–Crippen LogP) is 4.66. The zero-order valence-electron chi connectivity index (χ0n) is 11.9. The highest BCUT2D eigenvalue weighted by atomic mass is 79.9. The average Bonchev–Trinajstić information content (AvgIpc) is 2.47. The summed E-state index contributed by atoms with van der Waals surface area (Å²) in [6.45, 7) is 4.51. The molecule has 0 spiro atoms. The van der Waals surface area contributed by atoms with E-state index in [-0.39, 0.29) is 11.9 Å². The van der Waals surface area contributed by atoms with Gasteiger partial charge >= 0.3 is 0 Å². The van der Waals surface area contributed by atoms with Gasteiger partial charge in [-0.1, -0.05) is 22.0 Å². The topological polar surface area (TPSA) is 33.2 Å². The molecule has 110 valence electrons. The molecular weight excluding hydrogens is 396 g/mol. The van der Waals surface area contributed by atoms with Crippen LogP contribution in [0, 0.1) is 0 Å². The predicted molar refractivity (Wildman–Crippen MR) is 91.1 cm³/mol. The molecule has 1 aromatic heterocycles. The van der Waals surface area contributed by atoms with Crippen LogP contribution in [0.25, 0.3) is 0 Å². The van der Waals surface area contributed by atoms with Crippen molar-refractivity contribution in [2.24, 2.45) is 0 Å². The number of nitrogens with zero attached hydrogens (tertiary/aromatic N) is 2. The molecule has 0 unspecified atom stereocenters. The smallest absolute Gasteiger partial charge is 0.255 e. The summed E-state index contributed by atoms with van der Waals surface area (Å²) in [4.78, 5) is 18.9. The van der Waals surface area contributed by atoms with Crippen LogP contribution < -0.4 is 0 Å².